The van der Waals surface area contributed by atoms with Crippen molar-refractivity contribution < 1.29 is 14.6 Å². The molecule has 0 fully saturated rings. The predicted octanol–water partition coefficient (Wildman–Crippen LogP) is 8.05. The lowest BCUT2D eigenvalue weighted by atomic mass is 9.89. The zero-order valence-corrected chi connectivity index (χ0v) is 21.2. The summed E-state index contributed by atoms with van der Waals surface area (Å²) < 4.78 is 6.13. The van der Waals surface area contributed by atoms with Gasteiger partial charge < -0.3 is 14.8 Å². The van der Waals surface area contributed by atoms with Crippen LogP contribution in [0.3, 0.4) is 0 Å². The molecule has 0 bridgehead atoms. The van der Waals surface area contributed by atoms with Gasteiger partial charge in [0.05, 0.1) is 12.1 Å². The minimum atomic E-state index is -0.946. The highest BCUT2D eigenvalue weighted by atomic mass is 16.5. The van der Waals surface area contributed by atoms with Crippen LogP contribution in [-0.4, -0.2) is 27.7 Å². The summed E-state index contributed by atoms with van der Waals surface area (Å²) in [5.74, 6) is -0.0950. The molecule has 2 N–H and O–H groups in total. The van der Waals surface area contributed by atoms with Gasteiger partial charge in [-0.05, 0) is 72.7 Å². The first-order valence-electron chi connectivity index (χ1n) is 13.3. The maximum atomic E-state index is 12.3. The van der Waals surface area contributed by atoms with E-state index in [4.69, 9.17) is 4.74 Å². The van der Waals surface area contributed by atoms with Gasteiger partial charge in [0, 0.05) is 34.3 Å². The summed E-state index contributed by atoms with van der Waals surface area (Å²) in [5, 5.41) is 13.2. The molecular weight excluding hydrogens is 472 g/mol. The third kappa shape index (κ3) is 4.56. The van der Waals surface area contributed by atoms with E-state index in [0.29, 0.717) is 19.4 Å². The largest absolute Gasteiger partial charge is 0.493 e. The molecule has 0 unspecified atom stereocenters. The molecule has 5 heteroatoms. The average molecular weight is 503 g/mol. The third-order valence-electron chi connectivity index (χ3n) is 7.48. The molecule has 3 aromatic carbocycles. The maximum Gasteiger partial charge on any atom is 0.352 e. The highest BCUT2D eigenvalue weighted by molar-refractivity contribution is 6.04. The molecule has 0 spiro atoms. The van der Waals surface area contributed by atoms with Crippen molar-refractivity contribution in [2.45, 2.75) is 38.5 Å². The van der Waals surface area contributed by atoms with Crippen molar-refractivity contribution in [1.82, 2.24) is 9.97 Å². The fourth-order valence-corrected chi connectivity index (χ4v) is 5.66. The number of nitrogens with zero attached hydrogens (tertiary/aromatic N) is 1. The molecule has 0 saturated heterocycles. The van der Waals surface area contributed by atoms with Crippen LogP contribution in [0.4, 0.5) is 0 Å². The molecule has 190 valence electrons. The number of hydrogen-bond donors (Lipinski definition) is 2. The van der Waals surface area contributed by atoms with Gasteiger partial charge in [0.15, 0.2) is 0 Å². The number of allylic oxidation sites excluding steroid dienone is 2. The number of aromatic carboxylic acids is 1. The second-order valence-electron chi connectivity index (χ2n) is 9.84. The van der Waals surface area contributed by atoms with Crippen molar-refractivity contribution in [2.24, 2.45) is 0 Å². The number of aromatic amines is 1. The summed E-state index contributed by atoms with van der Waals surface area (Å²) in [6.45, 7) is 0.500. The van der Waals surface area contributed by atoms with E-state index >= 15 is 0 Å². The van der Waals surface area contributed by atoms with Gasteiger partial charge in [-0.25, -0.2) is 4.79 Å². The number of benzene rings is 3. The smallest absolute Gasteiger partial charge is 0.352 e. The molecule has 5 nitrogen and oxygen atoms in total. The summed E-state index contributed by atoms with van der Waals surface area (Å²) in [4.78, 5) is 20.0. The Morgan fingerprint density at radius 1 is 0.921 bits per heavy atom. The van der Waals surface area contributed by atoms with Crippen LogP contribution in [-0.2, 0) is 6.42 Å². The molecule has 0 atom stereocenters. The number of carboxylic acid groups (broad SMARTS) is 1. The van der Waals surface area contributed by atoms with Crippen LogP contribution in [0, 0.1) is 0 Å². The number of fused-ring (bicyclic) bond motifs is 2. The van der Waals surface area contributed by atoms with Gasteiger partial charge in [-0.1, -0.05) is 60.7 Å². The minimum Gasteiger partial charge on any atom is -0.493 e. The van der Waals surface area contributed by atoms with Crippen LogP contribution in [0.15, 0.2) is 85.2 Å². The molecule has 38 heavy (non-hydrogen) atoms. The standard InChI is InChI=1S/C33H30N2O3/c36-33(37)32-27(16-8-20-38-30-17-6-12-23-11-4-5-13-25(23)30)26-14-7-15-28(31(26)35-32)29-21-34-19-18-24(29)22-9-2-1-3-10-22/h4-7,9,11-15,17-19,21,35H,1-3,8,10,16,20H2,(H,36,37). The van der Waals surface area contributed by atoms with Gasteiger partial charge >= 0.3 is 5.97 Å². The monoisotopic (exact) mass is 502 g/mol. The number of hydrogen-bond acceptors (Lipinski definition) is 3. The quantitative estimate of drug-likeness (QED) is 0.211. The zero-order valence-electron chi connectivity index (χ0n) is 21.2. The molecule has 5 aromatic rings. The predicted molar refractivity (Wildman–Crippen MR) is 153 cm³/mol. The van der Waals surface area contributed by atoms with Crippen LogP contribution in [0.2, 0.25) is 0 Å². The fraction of sp³-hybridized carbons (Fsp3) is 0.212. The SMILES string of the molecule is O=C(O)c1[nH]c2c(-c3cnccc3C3=CCCCC3)cccc2c1CCCOc1cccc2ccccc12. The van der Waals surface area contributed by atoms with Crippen LogP contribution < -0.4 is 4.74 Å². The van der Waals surface area contributed by atoms with E-state index in [1.165, 1.54) is 24.0 Å². The first-order chi connectivity index (χ1) is 18.7. The van der Waals surface area contributed by atoms with Crippen molar-refractivity contribution in [2.75, 3.05) is 6.61 Å². The van der Waals surface area contributed by atoms with Gasteiger partial charge in [-0.2, -0.15) is 0 Å². The van der Waals surface area contributed by atoms with Crippen LogP contribution >= 0.6 is 0 Å². The Morgan fingerprint density at radius 2 is 1.76 bits per heavy atom. The van der Waals surface area contributed by atoms with Gasteiger partial charge in [-0.3, -0.25) is 4.98 Å². The van der Waals surface area contributed by atoms with Crippen LogP contribution in [0.1, 0.15) is 53.7 Å². The first kappa shape index (κ1) is 24.0. The Labute approximate surface area is 221 Å². The van der Waals surface area contributed by atoms with E-state index in [1.54, 1.807) is 0 Å². The van der Waals surface area contributed by atoms with Gasteiger partial charge in [-0.15, -0.1) is 0 Å². The topological polar surface area (TPSA) is 75.2 Å². The Morgan fingerprint density at radius 3 is 2.63 bits per heavy atom. The summed E-state index contributed by atoms with van der Waals surface area (Å²) in [6.07, 6.45) is 11.9. The van der Waals surface area contributed by atoms with E-state index in [1.807, 2.05) is 48.8 Å². The van der Waals surface area contributed by atoms with Gasteiger partial charge in [0.1, 0.15) is 11.4 Å². The zero-order chi connectivity index (χ0) is 25.9. The number of H-pyrrole nitrogens is 1. The minimum absolute atomic E-state index is 0.250. The van der Waals surface area contributed by atoms with E-state index < -0.39 is 5.97 Å². The number of aromatic nitrogens is 2. The highest BCUT2D eigenvalue weighted by Crippen LogP contribution is 2.38. The Kier molecular flexibility index (Phi) is 6.65. The molecular formula is C33H30N2O3. The number of aryl methyl sites for hydroxylation is 1. The Bertz CT molecular complexity index is 1660. The third-order valence-corrected chi connectivity index (χ3v) is 7.48. The number of pyridine rings is 1. The number of carboxylic acids is 1. The van der Waals surface area contributed by atoms with Crippen molar-refractivity contribution >= 4 is 33.2 Å². The van der Waals surface area contributed by atoms with E-state index in [2.05, 4.69) is 46.4 Å². The highest BCUT2D eigenvalue weighted by Gasteiger charge is 2.21. The van der Waals surface area contributed by atoms with E-state index in [9.17, 15) is 9.90 Å². The molecule has 1 aliphatic carbocycles. The average Bonchev–Trinajstić information content (AvgIpc) is 3.35. The lowest BCUT2D eigenvalue weighted by Crippen LogP contribution is -2.04. The fourth-order valence-electron chi connectivity index (χ4n) is 5.66. The van der Waals surface area contributed by atoms with Crippen molar-refractivity contribution in [1.29, 1.82) is 0 Å². The van der Waals surface area contributed by atoms with Crippen LogP contribution in [0.5, 0.6) is 5.75 Å². The molecule has 0 radical (unpaired) electrons. The summed E-state index contributed by atoms with van der Waals surface area (Å²) in [7, 11) is 0. The summed E-state index contributed by atoms with van der Waals surface area (Å²) in [5.41, 5.74) is 6.47. The molecule has 2 heterocycles. The molecule has 0 aliphatic heterocycles. The van der Waals surface area contributed by atoms with Crippen molar-refractivity contribution in [3.05, 3.63) is 102 Å². The van der Waals surface area contributed by atoms with E-state index in [-0.39, 0.29) is 5.69 Å². The molecule has 0 amide bonds. The Hall–Kier alpha value is -4.38. The maximum absolute atomic E-state index is 12.3. The number of nitrogens with one attached hydrogen (secondary N) is 1. The summed E-state index contributed by atoms with van der Waals surface area (Å²) in [6, 6.07) is 22.4. The molecule has 2 aromatic heterocycles. The summed E-state index contributed by atoms with van der Waals surface area (Å²) >= 11 is 0. The molecule has 1 aliphatic rings. The number of para-hydroxylation sites is 1. The molecule has 0 saturated carbocycles. The normalized spacial score (nSPS) is 13.5. The second-order valence-corrected chi connectivity index (χ2v) is 9.84. The lowest BCUT2D eigenvalue weighted by molar-refractivity contribution is 0.0690. The van der Waals surface area contributed by atoms with Crippen LogP contribution in [0.25, 0.3) is 38.4 Å². The molecule has 6 rings (SSSR count). The number of ether oxygens (including phenoxy) is 1. The second kappa shape index (κ2) is 10.5. The van der Waals surface area contributed by atoms with Gasteiger partial charge in [0.2, 0.25) is 0 Å². The Balaban J connectivity index is 1.30. The van der Waals surface area contributed by atoms with Crippen molar-refractivity contribution in [3.8, 4) is 16.9 Å². The van der Waals surface area contributed by atoms with Crippen molar-refractivity contribution in [3.63, 3.8) is 0 Å². The number of rotatable bonds is 8. The number of carbonyl (C=O) groups is 1. The first-order valence-corrected chi connectivity index (χ1v) is 13.3. The lowest BCUT2D eigenvalue weighted by Gasteiger charge is -2.17. The van der Waals surface area contributed by atoms with Gasteiger partial charge in [0.25, 0.3) is 0 Å². The van der Waals surface area contributed by atoms with E-state index in [0.717, 1.165) is 57.0 Å².